The van der Waals surface area contributed by atoms with Crippen LogP contribution in [0.3, 0.4) is 0 Å². The predicted octanol–water partition coefficient (Wildman–Crippen LogP) is 3.37. The molecule has 0 aliphatic heterocycles. The molecule has 2 nitrogen and oxygen atoms in total. The molecule has 19 heavy (non-hydrogen) atoms. The van der Waals surface area contributed by atoms with Crippen molar-refractivity contribution in [1.82, 2.24) is 0 Å². The third-order valence-corrected chi connectivity index (χ3v) is 5.35. The number of hydrogen-bond donors (Lipinski definition) is 2. The van der Waals surface area contributed by atoms with Gasteiger partial charge in [0.2, 0.25) is 0 Å². The van der Waals surface area contributed by atoms with Crippen LogP contribution in [0.15, 0.2) is 24.3 Å². The summed E-state index contributed by atoms with van der Waals surface area (Å²) in [6.45, 7) is 0. The van der Waals surface area contributed by atoms with Crippen LogP contribution in [0, 0.1) is 0 Å². The minimum atomic E-state index is -0.151. The molecule has 0 fully saturated rings. The van der Waals surface area contributed by atoms with Crippen molar-refractivity contribution in [3.8, 4) is 11.5 Å². The van der Waals surface area contributed by atoms with Gasteiger partial charge >= 0.3 is 136 Å². The van der Waals surface area contributed by atoms with E-state index in [2.05, 4.69) is 0 Å². The normalized spacial score (nSPS) is 10.7. The first-order chi connectivity index (χ1) is 8.88. The molecule has 7 heteroatoms. The van der Waals surface area contributed by atoms with Crippen LogP contribution in [-0.4, -0.2) is 25.2 Å². The van der Waals surface area contributed by atoms with Gasteiger partial charge in [-0.3, -0.25) is 0 Å². The Kier molecular flexibility index (Phi) is 4.78. The summed E-state index contributed by atoms with van der Waals surface area (Å²) in [6, 6.07) is 6.55. The Balaban J connectivity index is 2.36. The number of hydrogen-bond acceptors (Lipinski definition) is 2. The van der Waals surface area contributed by atoms with Crippen LogP contribution in [0.1, 0.15) is 0 Å². The summed E-state index contributed by atoms with van der Waals surface area (Å²) in [5, 5.41) is 19.8. The van der Waals surface area contributed by atoms with Gasteiger partial charge in [-0.05, 0) is 0 Å². The number of benzene rings is 2. The second-order valence-corrected chi connectivity index (χ2v) is 7.61. The van der Waals surface area contributed by atoms with Gasteiger partial charge < -0.3 is 0 Å². The van der Waals surface area contributed by atoms with Gasteiger partial charge in [0.05, 0.1) is 0 Å². The molecule has 0 saturated heterocycles. The Morgan fingerprint density at radius 1 is 0.632 bits per heavy atom. The van der Waals surface area contributed by atoms with E-state index in [-0.39, 0.29) is 46.5 Å². The topological polar surface area (TPSA) is 40.5 Å². The third-order valence-electron chi connectivity index (χ3n) is 2.22. The van der Waals surface area contributed by atoms with E-state index in [0.717, 1.165) is 8.92 Å². The summed E-state index contributed by atoms with van der Waals surface area (Å²) in [7, 11) is 0. The van der Waals surface area contributed by atoms with E-state index in [1.54, 1.807) is 24.3 Å². The minimum absolute atomic E-state index is 0.135. The zero-order valence-corrected chi connectivity index (χ0v) is 13.9. The molecular formula is C12H6Cl4O2Se. The van der Waals surface area contributed by atoms with E-state index in [0.29, 0.717) is 0 Å². The maximum atomic E-state index is 9.49. The first-order valence-electron chi connectivity index (χ1n) is 4.92. The quantitative estimate of drug-likeness (QED) is 0.756. The van der Waals surface area contributed by atoms with Crippen molar-refractivity contribution in [2.24, 2.45) is 0 Å². The summed E-state index contributed by atoms with van der Waals surface area (Å²) >= 11 is 23.3. The molecule has 0 bridgehead atoms. The standard InChI is InChI=1S/C12H6Cl4O2Se/c13-7-1-5(2-8(14)11(7)17)19-6-3-9(15)12(18)10(16)4-6/h1-4,17-18H. The van der Waals surface area contributed by atoms with Crippen molar-refractivity contribution in [2.45, 2.75) is 0 Å². The Hall–Kier alpha value is -0.281. The zero-order valence-electron chi connectivity index (χ0n) is 9.12. The first kappa shape index (κ1) is 15.1. The van der Waals surface area contributed by atoms with E-state index < -0.39 is 0 Å². The van der Waals surface area contributed by atoms with Crippen LogP contribution in [0.5, 0.6) is 11.5 Å². The van der Waals surface area contributed by atoms with Gasteiger partial charge in [-0.1, -0.05) is 0 Å². The third kappa shape index (κ3) is 3.43. The Morgan fingerprint density at radius 3 is 1.16 bits per heavy atom. The molecule has 0 aromatic heterocycles. The molecular weight excluding hydrogens is 397 g/mol. The Labute approximate surface area is 136 Å². The average Bonchev–Trinajstić information content (AvgIpc) is 2.33. The van der Waals surface area contributed by atoms with E-state index in [4.69, 9.17) is 46.4 Å². The molecule has 0 spiro atoms. The number of halogens is 4. The van der Waals surface area contributed by atoms with Gasteiger partial charge in [0, 0.05) is 0 Å². The zero-order chi connectivity index (χ0) is 14.2. The second kappa shape index (κ2) is 6.01. The van der Waals surface area contributed by atoms with Crippen LogP contribution < -0.4 is 8.92 Å². The molecule has 2 aromatic rings. The number of rotatable bonds is 2. The van der Waals surface area contributed by atoms with E-state index >= 15 is 0 Å². The molecule has 0 aliphatic rings. The van der Waals surface area contributed by atoms with Crippen molar-refractivity contribution >= 4 is 70.3 Å². The van der Waals surface area contributed by atoms with Gasteiger partial charge in [-0.15, -0.1) is 0 Å². The monoisotopic (exact) mass is 402 g/mol. The fraction of sp³-hybridized carbons (Fsp3) is 0. The molecule has 0 atom stereocenters. The molecule has 0 amide bonds. The summed E-state index contributed by atoms with van der Waals surface area (Å²) < 4.78 is 1.72. The number of phenols is 2. The Bertz CT molecular complexity index is 544. The molecule has 0 radical (unpaired) electrons. The van der Waals surface area contributed by atoms with Gasteiger partial charge in [-0.25, -0.2) is 0 Å². The van der Waals surface area contributed by atoms with Crippen LogP contribution in [0.25, 0.3) is 0 Å². The van der Waals surface area contributed by atoms with E-state index in [9.17, 15) is 10.2 Å². The van der Waals surface area contributed by atoms with Crippen LogP contribution in [0.2, 0.25) is 20.1 Å². The van der Waals surface area contributed by atoms with Crippen LogP contribution >= 0.6 is 46.4 Å². The SMILES string of the molecule is Oc1c(Cl)cc([Se]c2cc(Cl)c(O)c(Cl)c2)cc1Cl. The molecule has 0 heterocycles. The van der Waals surface area contributed by atoms with Crippen molar-refractivity contribution in [1.29, 1.82) is 0 Å². The Morgan fingerprint density at radius 2 is 0.895 bits per heavy atom. The molecule has 2 rings (SSSR count). The molecule has 100 valence electrons. The summed E-state index contributed by atoms with van der Waals surface area (Å²) in [4.78, 5) is 0. The van der Waals surface area contributed by atoms with Crippen LogP contribution in [-0.2, 0) is 0 Å². The second-order valence-electron chi connectivity index (χ2n) is 3.57. The van der Waals surface area contributed by atoms with Crippen LogP contribution in [0.4, 0.5) is 0 Å². The fourth-order valence-corrected chi connectivity index (χ4v) is 4.95. The molecule has 2 aromatic carbocycles. The molecule has 0 saturated carbocycles. The van der Waals surface area contributed by atoms with Crippen molar-refractivity contribution in [3.63, 3.8) is 0 Å². The molecule has 2 N–H and O–H groups in total. The molecule has 0 unspecified atom stereocenters. The van der Waals surface area contributed by atoms with E-state index in [1.165, 1.54) is 0 Å². The summed E-state index contributed by atoms with van der Waals surface area (Å²) in [5.41, 5.74) is 0. The first-order valence-corrected chi connectivity index (χ1v) is 8.15. The molecule has 0 aliphatic carbocycles. The number of phenolic OH excluding ortho intramolecular Hbond substituents is 2. The predicted molar refractivity (Wildman–Crippen MR) is 81.3 cm³/mol. The van der Waals surface area contributed by atoms with Gasteiger partial charge in [0.15, 0.2) is 0 Å². The van der Waals surface area contributed by atoms with E-state index in [1.807, 2.05) is 0 Å². The summed E-state index contributed by atoms with van der Waals surface area (Å²) in [6.07, 6.45) is 0. The maximum absolute atomic E-state index is 9.49. The van der Waals surface area contributed by atoms with Gasteiger partial charge in [-0.2, -0.15) is 0 Å². The van der Waals surface area contributed by atoms with Crippen molar-refractivity contribution < 1.29 is 10.2 Å². The fourth-order valence-electron chi connectivity index (χ4n) is 1.34. The number of aromatic hydroxyl groups is 2. The van der Waals surface area contributed by atoms with Crippen molar-refractivity contribution in [3.05, 3.63) is 44.4 Å². The van der Waals surface area contributed by atoms with Gasteiger partial charge in [0.25, 0.3) is 0 Å². The van der Waals surface area contributed by atoms with Crippen molar-refractivity contribution in [2.75, 3.05) is 0 Å². The summed E-state index contributed by atoms with van der Waals surface area (Å²) in [5.74, 6) is -0.269. The average molecular weight is 403 g/mol. The van der Waals surface area contributed by atoms with Gasteiger partial charge in [0.1, 0.15) is 0 Å².